The van der Waals surface area contributed by atoms with E-state index in [9.17, 15) is 4.79 Å². The molecule has 2 aromatic rings. The predicted octanol–water partition coefficient (Wildman–Crippen LogP) is 3.65. The highest BCUT2D eigenvalue weighted by atomic mass is 16.2. The Balaban J connectivity index is 1.89. The molecule has 1 aliphatic heterocycles. The summed E-state index contributed by atoms with van der Waals surface area (Å²) in [6.45, 7) is 14.5. The van der Waals surface area contributed by atoms with Crippen LogP contribution in [0, 0.1) is 20.8 Å². The lowest BCUT2D eigenvalue weighted by molar-refractivity contribution is 0.0772. The SMILES string of the molecule is CCN(CC)[C@@H]1CCN(C(=O)c2[nH]c3c(C)ccc(C)c3c2C)C1. The molecule has 0 bridgehead atoms. The van der Waals surface area contributed by atoms with E-state index < -0.39 is 0 Å². The molecule has 4 nitrogen and oxygen atoms in total. The number of likely N-dealkylation sites (tertiary alicyclic amines) is 1. The Morgan fingerprint density at radius 1 is 1.21 bits per heavy atom. The van der Waals surface area contributed by atoms with E-state index in [1.165, 1.54) is 16.5 Å². The Bertz CT molecular complexity index is 758. The fourth-order valence-corrected chi connectivity index (χ4v) is 4.14. The van der Waals surface area contributed by atoms with Crippen LogP contribution < -0.4 is 0 Å². The van der Waals surface area contributed by atoms with Crippen LogP contribution in [0.25, 0.3) is 10.9 Å². The third-order valence-corrected chi connectivity index (χ3v) is 5.62. The van der Waals surface area contributed by atoms with Crippen LogP contribution in [0.1, 0.15) is 47.4 Å². The van der Waals surface area contributed by atoms with Crippen LogP contribution in [-0.4, -0.2) is 52.9 Å². The van der Waals surface area contributed by atoms with Crippen molar-refractivity contribution in [2.75, 3.05) is 26.2 Å². The van der Waals surface area contributed by atoms with E-state index in [-0.39, 0.29) is 5.91 Å². The first-order valence-corrected chi connectivity index (χ1v) is 9.09. The molecule has 1 N–H and O–H groups in total. The Morgan fingerprint density at radius 3 is 2.50 bits per heavy atom. The number of H-pyrrole nitrogens is 1. The predicted molar refractivity (Wildman–Crippen MR) is 99.7 cm³/mol. The van der Waals surface area contributed by atoms with Gasteiger partial charge in [0.25, 0.3) is 5.91 Å². The maximum Gasteiger partial charge on any atom is 0.270 e. The third-order valence-electron chi connectivity index (χ3n) is 5.62. The topological polar surface area (TPSA) is 39.3 Å². The molecule has 0 radical (unpaired) electrons. The molecule has 1 aromatic carbocycles. The first-order valence-electron chi connectivity index (χ1n) is 9.09. The summed E-state index contributed by atoms with van der Waals surface area (Å²) in [4.78, 5) is 21.0. The summed E-state index contributed by atoms with van der Waals surface area (Å²) in [7, 11) is 0. The lowest BCUT2D eigenvalue weighted by Crippen LogP contribution is -2.38. The molecule has 1 amide bonds. The summed E-state index contributed by atoms with van der Waals surface area (Å²) in [6.07, 6.45) is 1.07. The molecule has 0 unspecified atom stereocenters. The van der Waals surface area contributed by atoms with E-state index in [0.29, 0.717) is 6.04 Å². The zero-order chi connectivity index (χ0) is 17.4. The van der Waals surface area contributed by atoms with Gasteiger partial charge in [-0.1, -0.05) is 26.0 Å². The number of nitrogens with zero attached hydrogens (tertiary/aromatic N) is 2. The number of hydrogen-bond acceptors (Lipinski definition) is 2. The van der Waals surface area contributed by atoms with Gasteiger partial charge in [0.2, 0.25) is 0 Å². The van der Waals surface area contributed by atoms with E-state index in [4.69, 9.17) is 0 Å². The molecule has 130 valence electrons. The van der Waals surface area contributed by atoms with Gasteiger partial charge in [0.15, 0.2) is 0 Å². The summed E-state index contributed by atoms with van der Waals surface area (Å²) in [6, 6.07) is 4.75. The van der Waals surface area contributed by atoms with Crippen LogP contribution in [-0.2, 0) is 0 Å². The normalized spacial score (nSPS) is 18.1. The van der Waals surface area contributed by atoms with E-state index in [1.54, 1.807) is 0 Å². The average molecular weight is 327 g/mol. The van der Waals surface area contributed by atoms with Gasteiger partial charge in [-0.05, 0) is 57.0 Å². The van der Waals surface area contributed by atoms with Crippen molar-refractivity contribution in [2.45, 2.75) is 47.1 Å². The summed E-state index contributed by atoms with van der Waals surface area (Å²) in [5.41, 5.74) is 5.38. The van der Waals surface area contributed by atoms with Gasteiger partial charge in [0.1, 0.15) is 5.69 Å². The second-order valence-corrected chi connectivity index (χ2v) is 6.99. The van der Waals surface area contributed by atoms with Crippen molar-refractivity contribution in [1.29, 1.82) is 0 Å². The fraction of sp³-hybridized carbons (Fsp3) is 0.550. The van der Waals surface area contributed by atoms with E-state index in [1.807, 2.05) is 4.90 Å². The summed E-state index contributed by atoms with van der Waals surface area (Å²) in [5, 5.41) is 1.21. The highest BCUT2D eigenvalue weighted by Gasteiger charge is 2.31. The molecule has 24 heavy (non-hydrogen) atoms. The van der Waals surface area contributed by atoms with Gasteiger partial charge in [-0.25, -0.2) is 0 Å². The van der Waals surface area contributed by atoms with Crippen LogP contribution >= 0.6 is 0 Å². The van der Waals surface area contributed by atoms with Crippen LogP contribution in [0.15, 0.2) is 12.1 Å². The lowest BCUT2D eigenvalue weighted by Gasteiger charge is -2.26. The van der Waals surface area contributed by atoms with Gasteiger partial charge in [0, 0.05) is 30.0 Å². The zero-order valence-electron chi connectivity index (χ0n) is 15.6. The second kappa shape index (κ2) is 6.60. The number of amides is 1. The fourth-order valence-electron chi connectivity index (χ4n) is 4.14. The summed E-state index contributed by atoms with van der Waals surface area (Å²) < 4.78 is 0. The van der Waals surface area contributed by atoms with Gasteiger partial charge < -0.3 is 9.88 Å². The number of aromatic amines is 1. The molecule has 3 rings (SSSR count). The molecule has 1 saturated heterocycles. The molecule has 0 saturated carbocycles. The van der Waals surface area contributed by atoms with Crippen molar-refractivity contribution in [1.82, 2.24) is 14.8 Å². The largest absolute Gasteiger partial charge is 0.350 e. The Kier molecular flexibility index (Phi) is 4.68. The summed E-state index contributed by atoms with van der Waals surface area (Å²) in [5.74, 6) is 0.150. The molecule has 0 aliphatic carbocycles. The Labute approximate surface area is 144 Å². The number of hydrogen-bond donors (Lipinski definition) is 1. The maximum atomic E-state index is 13.1. The molecule has 4 heteroatoms. The monoisotopic (exact) mass is 327 g/mol. The van der Waals surface area contributed by atoms with Crippen LogP contribution in [0.3, 0.4) is 0 Å². The third kappa shape index (κ3) is 2.73. The minimum atomic E-state index is 0.150. The van der Waals surface area contributed by atoms with Crippen LogP contribution in [0.5, 0.6) is 0 Å². The lowest BCUT2D eigenvalue weighted by atomic mass is 10.0. The number of carbonyl (C=O) groups excluding carboxylic acids is 1. The number of likely N-dealkylation sites (N-methyl/N-ethyl adjacent to an activating group) is 1. The van der Waals surface area contributed by atoms with Gasteiger partial charge in [-0.3, -0.25) is 9.69 Å². The molecule has 1 fully saturated rings. The number of benzene rings is 1. The molecule has 2 heterocycles. The van der Waals surface area contributed by atoms with E-state index >= 15 is 0 Å². The number of fused-ring (bicyclic) bond motifs is 1. The number of aromatic nitrogens is 1. The molecular formula is C20H29N3O. The van der Waals surface area contributed by atoms with Crippen molar-refractivity contribution >= 4 is 16.8 Å². The Hall–Kier alpha value is -1.81. The molecule has 0 spiro atoms. The molecule has 1 aromatic heterocycles. The highest BCUT2D eigenvalue weighted by Crippen LogP contribution is 2.29. The quantitative estimate of drug-likeness (QED) is 0.931. The average Bonchev–Trinajstić information content (AvgIpc) is 3.18. The van der Waals surface area contributed by atoms with Crippen LogP contribution in [0.4, 0.5) is 0 Å². The summed E-state index contributed by atoms with van der Waals surface area (Å²) >= 11 is 0. The minimum absolute atomic E-state index is 0.150. The van der Waals surface area contributed by atoms with Crippen molar-refractivity contribution in [3.05, 3.63) is 34.5 Å². The van der Waals surface area contributed by atoms with Crippen molar-refractivity contribution in [3.8, 4) is 0 Å². The molecular weight excluding hydrogens is 298 g/mol. The van der Waals surface area contributed by atoms with E-state index in [2.05, 4.69) is 56.6 Å². The van der Waals surface area contributed by atoms with Crippen molar-refractivity contribution < 1.29 is 4.79 Å². The zero-order valence-corrected chi connectivity index (χ0v) is 15.6. The Morgan fingerprint density at radius 2 is 1.88 bits per heavy atom. The number of carbonyl (C=O) groups is 1. The first-order chi connectivity index (χ1) is 11.5. The minimum Gasteiger partial charge on any atom is -0.350 e. The van der Waals surface area contributed by atoms with Gasteiger partial charge >= 0.3 is 0 Å². The standard InChI is InChI=1S/C20H29N3O/c1-6-22(7-2)16-10-11-23(12-16)20(24)19-15(5)17-13(3)8-9-14(4)18(17)21-19/h8-9,16,21H,6-7,10-12H2,1-5H3/t16-/m1/s1. The van der Waals surface area contributed by atoms with Crippen molar-refractivity contribution in [2.24, 2.45) is 0 Å². The highest BCUT2D eigenvalue weighted by molar-refractivity contribution is 6.02. The second-order valence-electron chi connectivity index (χ2n) is 6.99. The molecule has 1 atom stereocenters. The van der Waals surface area contributed by atoms with Crippen LogP contribution in [0.2, 0.25) is 0 Å². The number of nitrogens with one attached hydrogen (secondary N) is 1. The number of rotatable bonds is 4. The smallest absolute Gasteiger partial charge is 0.270 e. The van der Waals surface area contributed by atoms with Gasteiger partial charge in [-0.15, -0.1) is 0 Å². The van der Waals surface area contributed by atoms with Gasteiger partial charge in [0.05, 0.1) is 0 Å². The molecule has 1 aliphatic rings. The maximum absolute atomic E-state index is 13.1. The van der Waals surface area contributed by atoms with Crippen molar-refractivity contribution in [3.63, 3.8) is 0 Å². The first kappa shape index (κ1) is 17.0. The number of aryl methyl sites for hydroxylation is 3. The van der Waals surface area contributed by atoms with E-state index in [0.717, 1.165) is 49.4 Å². The van der Waals surface area contributed by atoms with Gasteiger partial charge in [-0.2, -0.15) is 0 Å².